The number of non-ortho nitro benzene ring substituents is 1. The van der Waals surface area contributed by atoms with E-state index in [-0.39, 0.29) is 5.69 Å². The lowest BCUT2D eigenvalue weighted by Gasteiger charge is -2.10. The van der Waals surface area contributed by atoms with E-state index in [1.54, 1.807) is 31.2 Å². The Kier molecular flexibility index (Phi) is 4.14. The third kappa shape index (κ3) is 3.03. The Morgan fingerprint density at radius 1 is 1.20 bits per heavy atom. The van der Waals surface area contributed by atoms with Crippen molar-refractivity contribution in [1.29, 1.82) is 0 Å². The maximum atomic E-state index is 10.7. The monoisotopic (exact) mass is 335 g/mol. The number of aldehydes is 1. The Labute approximate surface area is 123 Å². The fourth-order valence-corrected chi connectivity index (χ4v) is 2.13. The lowest BCUT2D eigenvalue weighted by atomic mass is 10.2. The zero-order chi connectivity index (χ0) is 14.7. The summed E-state index contributed by atoms with van der Waals surface area (Å²) in [7, 11) is 0. The van der Waals surface area contributed by atoms with Gasteiger partial charge in [-0.05, 0) is 52.7 Å². The van der Waals surface area contributed by atoms with Crippen LogP contribution < -0.4 is 4.74 Å². The molecule has 20 heavy (non-hydrogen) atoms. The molecule has 0 bridgehead atoms. The van der Waals surface area contributed by atoms with Gasteiger partial charge >= 0.3 is 0 Å². The Morgan fingerprint density at radius 3 is 2.45 bits per heavy atom. The molecule has 0 radical (unpaired) electrons. The predicted molar refractivity (Wildman–Crippen MR) is 77.4 cm³/mol. The van der Waals surface area contributed by atoms with Gasteiger partial charge in [0, 0.05) is 17.7 Å². The van der Waals surface area contributed by atoms with E-state index in [9.17, 15) is 14.9 Å². The van der Waals surface area contributed by atoms with Crippen LogP contribution in [-0.4, -0.2) is 11.2 Å². The van der Waals surface area contributed by atoms with Crippen LogP contribution in [0.25, 0.3) is 0 Å². The molecule has 0 aromatic heterocycles. The van der Waals surface area contributed by atoms with E-state index in [1.807, 2.05) is 0 Å². The Morgan fingerprint density at radius 2 is 1.90 bits per heavy atom. The first kappa shape index (κ1) is 14.2. The number of carbonyl (C=O) groups is 1. The highest BCUT2D eigenvalue weighted by Gasteiger charge is 2.11. The number of hydrogen-bond donors (Lipinski definition) is 0. The highest BCUT2D eigenvalue weighted by atomic mass is 79.9. The molecule has 0 heterocycles. The molecular formula is C14H10BrNO4. The van der Waals surface area contributed by atoms with Crippen molar-refractivity contribution in [2.75, 3.05) is 0 Å². The standard InChI is InChI=1S/C14H10BrNO4/c1-9-6-11(16(18)19)3-5-13(9)20-14-4-2-10(8-17)7-12(14)15/h2-8H,1H3. The van der Waals surface area contributed by atoms with Crippen LogP contribution in [0.2, 0.25) is 0 Å². The molecule has 2 aromatic carbocycles. The van der Waals surface area contributed by atoms with Crippen molar-refractivity contribution in [1.82, 2.24) is 0 Å². The summed E-state index contributed by atoms with van der Waals surface area (Å²) >= 11 is 3.32. The number of rotatable bonds is 4. The largest absolute Gasteiger partial charge is 0.456 e. The van der Waals surface area contributed by atoms with Crippen LogP contribution in [0.15, 0.2) is 40.9 Å². The zero-order valence-corrected chi connectivity index (χ0v) is 12.1. The lowest BCUT2D eigenvalue weighted by molar-refractivity contribution is -0.384. The fraction of sp³-hybridized carbons (Fsp3) is 0.0714. The van der Waals surface area contributed by atoms with Crippen LogP contribution in [0.1, 0.15) is 15.9 Å². The van der Waals surface area contributed by atoms with Crippen molar-refractivity contribution in [2.24, 2.45) is 0 Å². The number of aryl methyl sites for hydroxylation is 1. The number of benzene rings is 2. The molecule has 0 aliphatic rings. The molecule has 0 saturated carbocycles. The van der Waals surface area contributed by atoms with Gasteiger partial charge in [-0.3, -0.25) is 14.9 Å². The SMILES string of the molecule is Cc1cc([N+](=O)[O-])ccc1Oc1ccc(C=O)cc1Br. The molecular weight excluding hydrogens is 326 g/mol. The molecule has 0 aliphatic carbocycles. The fourth-order valence-electron chi connectivity index (χ4n) is 1.65. The number of ether oxygens (including phenoxy) is 1. The number of nitro benzene ring substituents is 1. The summed E-state index contributed by atoms with van der Waals surface area (Å²) in [5, 5.41) is 10.7. The molecule has 0 saturated heterocycles. The third-order valence-electron chi connectivity index (χ3n) is 2.68. The summed E-state index contributed by atoms with van der Waals surface area (Å²) in [4.78, 5) is 20.9. The molecule has 0 spiro atoms. The predicted octanol–water partition coefficient (Wildman–Crippen LogP) is 4.27. The van der Waals surface area contributed by atoms with E-state index in [2.05, 4.69) is 15.9 Å². The van der Waals surface area contributed by atoms with Gasteiger partial charge in [0.15, 0.2) is 0 Å². The van der Waals surface area contributed by atoms with Gasteiger partial charge in [0.05, 0.1) is 9.40 Å². The highest BCUT2D eigenvalue weighted by molar-refractivity contribution is 9.10. The first-order valence-electron chi connectivity index (χ1n) is 5.69. The summed E-state index contributed by atoms with van der Waals surface area (Å²) in [6.07, 6.45) is 0.742. The van der Waals surface area contributed by atoms with Gasteiger partial charge in [-0.25, -0.2) is 0 Å². The number of hydrogen-bond acceptors (Lipinski definition) is 4. The minimum atomic E-state index is -0.453. The molecule has 0 fully saturated rings. The van der Waals surface area contributed by atoms with Crippen molar-refractivity contribution < 1.29 is 14.5 Å². The summed E-state index contributed by atoms with van der Waals surface area (Å²) in [6, 6.07) is 9.32. The van der Waals surface area contributed by atoms with Gasteiger partial charge in [-0.2, -0.15) is 0 Å². The van der Waals surface area contributed by atoms with E-state index in [0.717, 1.165) is 6.29 Å². The van der Waals surface area contributed by atoms with Gasteiger partial charge in [0.2, 0.25) is 0 Å². The second-order valence-electron chi connectivity index (χ2n) is 4.12. The number of nitro groups is 1. The number of carbonyl (C=O) groups excluding carboxylic acids is 1. The van der Waals surface area contributed by atoms with Crippen LogP contribution in [-0.2, 0) is 0 Å². The van der Waals surface area contributed by atoms with Gasteiger partial charge < -0.3 is 4.74 Å². The number of halogens is 1. The average Bonchev–Trinajstić information content (AvgIpc) is 2.42. The summed E-state index contributed by atoms with van der Waals surface area (Å²) < 4.78 is 6.33. The zero-order valence-electron chi connectivity index (χ0n) is 10.5. The van der Waals surface area contributed by atoms with E-state index < -0.39 is 4.92 Å². The van der Waals surface area contributed by atoms with Crippen LogP contribution in [0.4, 0.5) is 5.69 Å². The minimum absolute atomic E-state index is 0.0187. The van der Waals surface area contributed by atoms with Crippen molar-refractivity contribution in [3.63, 3.8) is 0 Å². The first-order chi connectivity index (χ1) is 9.51. The molecule has 6 heteroatoms. The maximum absolute atomic E-state index is 10.7. The summed E-state index contributed by atoms with van der Waals surface area (Å²) in [5.74, 6) is 1.06. The van der Waals surface area contributed by atoms with Crippen LogP contribution in [0.5, 0.6) is 11.5 Å². The van der Waals surface area contributed by atoms with Gasteiger partial charge in [0.25, 0.3) is 5.69 Å². The van der Waals surface area contributed by atoms with Crippen molar-refractivity contribution >= 4 is 27.9 Å². The molecule has 0 N–H and O–H groups in total. The van der Waals surface area contributed by atoms with Crippen molar-refractivity contribution in [3.05, 3.63) is 62.1 Å². The quantitative estimate of drug-likeness (QED) is 0.475. The topological polar surface area (TPSA) is 69.4 Å². The van der Waals surface area contributed by atoms with Crippen LogP contribution >= 0.6 is 15.9 Å². The maximum Gasteiger partial charge on any atom is 0.269 e. The Balaban J connectivity index is 2.30. The highest BCUT2D eigenvalue weighted by Crippen LogP contribution is 2.33. The first-order valence-corrected chi connectivity index (χ1v) is 6.48. The molecule has 2 aromatic rings. The van der Waals surface area contributed by atoms with Gasteiger partial charge in [-0.15, -0.1) is 0 Å². The van der Waals surface area contributed by atoms with Gasteiger partial charge in [-0.1, -0.05) is 0 Å². The molecule has 0 atom stereocenters. The Hall–Kier alpha value is -2.21. The molecule has 0 aliphatic heterocycles. The molecule has 2 rings (SSSR count). The molecule has 0 amide bonds. The van der Waals surface area contributed by atoms with E-state index >= 15 is 0 Å². The molecule has 0 unspecified atom stereocenters. The lowest BCUT2D eigenvalue weighted by Crippen LogP contribution is -1.92. The Bertz CT molecular complexity index is 685. The van der Waals surface area contributed by atoms with Gasteiger partial charge in [0.1, 0.15) is 17.8 Å². The summed E-state index contributed by atoms with van der Waals surface area (Å²) in [6.45, 7) is 1.73. The van der Waals surface area contributed by atoms with Crippen molar-refractivity contribution in [2.45, 2.75) is 6.92 Å². The third-order valence-corrected chi connectivity index (χ3v) is 3.30. The van der Waals surface area contributed by atoms with Crippen molar-refractivity contribution in [3.8, 4) is 11.5 Å². The smallest absolute Gasteiger partial charge is 0.269 e. The van der Waals surface area contributed by atoms with E-state index in [4.69, 9.17) is 4.74 Å². The second-order valence-corrected chi connectivity index (χ2v) is 4.97. The van der Waals surface area contributed by atoms with E-state index in [0.29, 0.717) is 27.1 Å². The average molecular weight is 336 g/mol. The number of nitrogens with zero attached hydrogens (tertiary/aromatic N) is 1. The second kappa shape index (κ2) is 5.83. The minimum Gasteiger partial charge on any atom is -0.456 e. The normalized spacial score (nSPS) is 10.1. The molecule has 102 valence electrons. The van der Waals surface area contributed by atoms with Crippen LogP contribution in [0, 0.1) is 17.0 Å². The molecule has 5 nitrogen and oxygen atoms in total. The van der Waals surface area contributed by atoms with E-state index in [1.165, 1.54) is 12.1 Å². The van der Waals surface area contributed by atoms with Crippen LogP contribution in [0.3, 0.4) is 0 Å². The summed E-state index contributed by atoms with van der Waals surface area (Å²) in [5.41, 5.74) is 1.21.